The molecule has 0 heterocycles. The van der Waals surface area contributed by atoms with Gasteiger partial charge in [0, 0.05) is 4.53 Å². The Morgan fingerprint density at radius 3 is 2.58 bits per heavy atom. The van der Waals surface area contributed by atoms with Gasteiger partial charge in [-0.25, -0.2) is 9.74 Å². The highest BCUT2D eigenvalue weighted by molar-refractivity contribution is 5.92. The SMILES string of the molecule is CCO/C(C)=C(/C#N)C(=O)OF. The second-order valence-electron chi connectivity index (χ2n) is 1.84. The van der Waals surface area contributed by atoms with Crippen LogP contribution in [0.15, 0.2) is 11.3 Å². The third kappa shape index (κ3) is 2.58. The molecule has 12 heavy (non-hydrogen) atoms. The maximum absolute atomic E-state index is 11.3. The summed E-state index contributed by atoms with van der Waals surface area (Å²) in [7, 11) is 0. The monoisotopic (exact) mass is 173 g/mol. The molecule has 0 amide bonds. The highest BCUT2D eigenvalue weighted by Crippen LogP contribution is 2.06. The summed E-state index contributed by atoms with van der Waals surface area (Å²) in [6.07, 6.45) is 0. The third-order valence-corrected chi connectivity index (χ3v) is 1.10. The topological polar surface area (TPSA) is 59.3 Å². The smallest absolute Gasteiger partial charge is 0.393 e. The zero-order chi connectivity index (χ0) is 9.56. The standard InChI is InChI=1S/C7H8FNO3/c1-3-11-5(2)6(4-9)7(10)12-8/h3H2,1-2H3/b6-5-. The molecule has 0 aliphatic rings. The van der Waals surface area contributed by atoms with Crippen molar-refractivity contribution in [1.29, 1.82) is 5.26 Å². The Morgan fingerprint density at radius 2 is 2.25 bits per heavy atom. The van der Waals surface area contributed by atoms with Crippen LogP contribution in [0.4, 0.5) is 4.53 Å². The first-order chi connectivity index (χ1) is 5.67. The lowest BCUT2D eigenvalue weighted by Gasteiger charge is -2.02. The van der Waals surface area contributed by atoms with Crippen molar-refractivity contribution in [1.82, 2.24) is 0 Å². The number of halogens is 1. The van der Waals surface area contributed by atoms with E-state index in [0.717, 1.165) is 0 Å². The lowest BCUT2D eigenvalue weighted by Crippen LogP contribution is -2.05. The molecule has 0 saturated heterocycles. The van der Waals surface area contributed by atoms with E-state index in [1.54, 1.807) is 6.92 Å². The van der Waals surface area contributed by atoms with Gasteiger partial charge in [-0.05, 0) is 13.8 Å². The fourth-order valence-corrected chi connectivity index (χ4v) is 0.595. The van der Waals surface area contributed by atoms with Crippen LogP contribution in [-0.2, 0) is 14.5 Å². The molecule has 0 saturated carbocycles. The highest BCUT2D eigenvalue weighted by atomic mass is 19.3. The molecular weight excluding hydrogens is 165 g/mol. The van der Waals surface area contributed by atoms with Crippen LogP contribution in [0.3, 0.4) is 0 Å². The first kappa shape index (κ1) is 10.4. The van der Waals surface area contributed by atoms with E-state index in [2.05, 4.69) is 4.94 Å². The molecule has 0 bridgehead atoms. The summed E-state index contributed by atoms with van der Waals surface area (Å²) in [5, 5.41) is 8.37. The van der Waals surface area contributed by atoms with Gasteiger partial charge in [-0.15, -0.1) is 0 Å². The maximum atomic E-state index is 11.3. The van der Waals surface area contributed by atoms with Gasteiger partial charge in [0.25, 0.3) is 0 Å². The Labute approximate surface area is 69.1 Å². The first-order valence-corrected chi connectivity index (χ1v) is 3.24. The lowest BCUT2D eigenvalue weighted by atomic mass is 10.2. The Bertz CT molecular complexity index is 242. The number of allylic oxidation sites excluding steroid dienone is 1. The first-order valence-electron chi connectivity index (χ1n) is 3.24. The molecule has 0 atom stereocenters. The fourth-order valence-electron chi connectivity index (χ4n) is 0.595. The van der Waals surface area contributed by atoms with Crippen molar-refractivity contribution in [3.05, 3.63) is 11.3 Å². The Balaban J connectivity index is 4.64. The molecule has 0 N–H and O–H groups in total. The number of carbonyl (C=O) groups is 1. The van der Waals surface area contributed by atoms with E-state index in [1.165, 1.54) is 13.0 Å². The van der Waals surface area contributed by atoms with Gasteiger partial charge in [-0.1, -0.05) is 0 Å². The van der Waals surface area contributed by atoms with Crippen molar-refractivity contribution in [2.24, 2.45) is 0 Å². The van der Waals surface area contributed by atoms with E-state index in [9.17, 15) is 9.32 Å². The number of carbonyl (C=O) groups excluding carboxylic acids is 1. The van der Waals surface area contributed by atoms with Gasteiger partial charge in [0.15, 0.2) is 5.57 Å². The number of nitriles is 1. The van der Waals surface area contributed by atoms with Crippen molar-refractivity contribution >= 4 is 5.97 Å². The van der Waals surface area contributed by atoms with Crippen molar-refractivity contribution in [3.63, 3.8) is 0 Å². The summed E-state index contributed by atoms with van der Waals surface area (Å²) in [6, 6.07) is 1.48. The van der Waals surface area contributed by atoms with Gasteiger partial charge in [0.1, 0.15) is 11.8 Å². The Morgan fingerprint density at radius 1 is 1.67 bits per heavy atom. The zero-order valence-corrected chi connectivity index (χ0v) is 6.76. The average molecular weight is 173 g/mol. The number of nitrogens with zero attached hydrogens (tertiary/aromatic N) is 1. The van der Waals surface area contributed by atoms with Gasteiger partial charge in [0.2, 0.25) is 0 Å². The summed E-state index contributed by atoms with van der Waals surface area (Å²) in [5.41, 5.74) is -0.459. The molecule has 0 aromatic rings. The normalized spacial score (nSPS) is 11.2. The summed E-state index contributed by atoms with van der Waals surface area (Å²) < 4.78 is 16.1. The largest absolute Gasteiger partial charge is 0.497 e. The minimum absolute atomic E-state index is 0.0580. The molecule has 0 aromatic heterocycles. The van der Waals surface area contributed by atoms with Crippen LogP contribution in [0, 0.1) is 11.3 Å². The minimum Gasteiger partial charge on any atom is -0.497 e. The molecule has 0 aliphatic heterocycles. The van der Waals surface area contributed by atoms with Gasteiger partial charge >= 0.3 is 5.97 Å². The molecule has 0 aromatic carbocycles. The minimum atomic E-state index is -1.33. The Hall–Kier alpha value is -1.57. The molecule has 0 aliphatic carbocycles. The van der Waals surface area contributed by atoms with Crippen LogP contribution in [0.2, 0.25) is 0 Å². The van der Waals surface area contributed by atoms with E-state index in [-0.39, 0.29) is 5.76 Å². The van der Waals surface area contributed by atoms with Crippen molar-refractivity contribution in [3.8, 4) is 6.07 Å². The summed E-state index contributed by atoms with van der Waals surface area (Å²) in [6.45, 7) is 3.37. The molecular formula is C7H8FNO3. The van der Waals surface area contributed by atoms with Gasteiger partial charge in [0.05, 0.1) is 6.61 Å². The average Bonchev–Trinajstić information content (AvgIpc) is 2.06. The summed E-state index contributed by atoms with van der Waals surface area (Å²) in [5.74, 6) is -1.27. The molecule has 0 fully saturated rings. The van der Waals surface area contributed by atoms with Crippen LogP contribution < -0.4 is 0 Å². The van der Waals surface area contributed by atoms with Crippen LogP contribution in [0.1, 0.15) is 13.8 Å². The van der Waals surface area contributed by atoms with Crippen LogP contribution >= 0.6 is 0 Å². The second-order valence-corrected chi connectivity index (χ2v) is 1.84. The van der Waals surface area contributed by atoms with Crippen molar-refractivity contribution < 1.29 is 19.0 Å². The molecule has 0 rings (SSSR count). The van der Waals surface area contributed by atoms with Gasteiger partial charge < -0.3 is 4.74 Å². The van der Waals surface area contributed by atoms with E-state index in [1.807, 2.05) is 0 Å². The van der Waals surface area contributed by atoms with Gasteiger partial charge in [-0.3, -0.25) is 0 Å². The molecule has 0 radical (unpaired) electrons. The molecule has 0 unspecified atom stereocenters. The zero-order valence-electron chi connectivity index (χ0n) is 6.76. The van der Waals surface area contributed by atoms with E-state index in [4.69, 9.17) is 10.00 Å². The van der Waals surface area contributed by atoms with Gasteiger partial charge in [-0.2, -0.15) is 5.26 Å². The fraction of sp³-hybridized carbons (Fsp3) is 0.429. The summed E-state index contributed by atoms with van der Waals surface area (Å²) in [4.78, 5) is 13.4. The molecule has 4 nitrogen and oxygen atoms in total. The van der Waals surface area contributed by atoms with Crippen molar-refractivity contribution in [2.45, 2.75) is 13.8 Å². The molecule has 0 spiro atoms. The van der Waals surface area contributed by atoms with E-state index < -0.39 is 11.5 Å². The number of rotatable bonds is 3. The van der Waals surface area contributed by atoms with Crippen LogP contribution in [0.25, 0.3) is 0 Å². The second kappa shape index (κ2) is 5.13. The summed E-state index contributed by atoms with van der Waals surface area (Å²) >= 11 is 0. The molecule has 5 heteroatoms. The molecule has 66 valence electrons. The number of hydrogen-bond donors (Lipinski definition) is 0. The van der Waals surface area contributed by atoms with Crippen LogP contribution in [0.5, 0.6) is 0 Å². The predicted molar refractivity (Wildman–Crippen MR) is 37.1 cm³/mol. The van der Waals surface area contributed by atoms with Crippen LogP contribution in [-0.4, -0.2) is 12.6 Å². The number of hydrogen-bond acceptors (Lipinski definition) is 4. The lowest BCUT2D eigenvalue weighted by molar-refractivity contribution is -0.177. The number of ether oxygens (including phenoxy) is 1. The highest BCUT2D eigenvalue weighted by Gasteiger charge is 2.15. The van der Waals surface area contributed by atoms with Crippen molar-refractivity contribution in [2.75, 3.05) is 6.61 Å². The van der Waals surface area contributed by atoms with E-state index in [0.29, 0.717) is 6.61 Å². The Kier molecular flexibility index (Phi) is 4.46. The predicted octanol–water partition coefficient (Wildman–Crippen LogP) is 1.25. The quantitative estimate of drug-likeness (QED) is 0.366. The maximum Gasteiger partial charge on any atom is 0.393 e. The third-order valence-electron chi connectivity index (χ3n) is 1.10. The van der Waals surface area contributed by atoms with E-state index >= 15 is 0 Å².